The minimum atomic E-state index is 0.0976. The molecule has 0 aliphatic carbocycles. The van der Waals surface area contributed by atoms with E-state index in [2.05, 4.69) is 42.2 Å². The molecule has 0 N–H and O–H groups in total. The summed E-state index contributed by atoms with van der Waals surface area (Å²) in [6.45, 7) is 5.77. The Morgan fingerprint density at radius 2 is 1.93 bits per heavy atom. The molecule has 0 aromatic heterocycles. The van der Waals surface area contributed by atoms with E-state index in [0.29, 0.717) is 0 Å². The van der Waals surface area contributed by atoms with Gasteiger partial charge in [0, 0.05) is 13.1 Å². The smallest absolute Gasteiger partial charge is 0.0666 e. The lowest BCUT2D eigenvalue weighted by atomic mass is 10.1. The van der Waals surface area contributed by atoms with Gasteiger partial charge < -0.3 is 4.90 Å². The normalized spacial score (nSPS) is 12.5. The van der Waals surface area contributed by atoms with Crippen LogP contribution in [-0.4, -0.2) is 18.5 Å². The zero-order valence-corrected chi connectivity index (χ0v) is 9.70. The van der Waals surface area contributed by atoms with Crippen LogP contribution < -0.4 is 0 Å². The topological polar surface area (TPSA) is 27.0 Å². The third kappa shape index (κ3) is 4.14. The molecule has 0 saturated carbocycles. The molecule has 0 saturated heterocycles. The summed E-state index contributed by atoms with van der Waals surface area (Å²) in [5.74, 6) is 0.0976. The highest BCUT2D eigenvalue weighted by atomic mass is 15.1. The maximum Gasteiger partial charge on any atom is 0.0666 e. The molecule has 1 rings (SSSR count). The molecular formula is C13H18N2. The van der Waals surface area contributed by atoms with Crippen LogP contribution in [0.3, 0.4) is 0 Å². The molecule has 0 bridgehead atoms. The Bertz CT molecular complexity index is 335. The number of aryl methyl sites for hydroxylation is 1. The number of nitriles is 1. The number of hydrogen-bond donors (Lipinski definition) is 0. The van der Waals surface area contributed by atoms with Gasteiger partial charge in [-0.1, -0.05) is 29.8 Å². The summed E-state index contributed by atoms with van der Waals surface area (Å²) >= 11 is 0. The van der Waals surface area contributed by atoms with Gasteiger partial charge >= 0.3 is 0 Å². The molecule has 2 heteroatoms. The first-order chi connectivity index (χ1) is 7.11. The van der Waals surface area contributed by atoms with Crippen LogP contribution >= 0.6 is 0 Å². The molecule has 0 aliphatic rings. The molecule has 80 valence electrons. The Hall–Kier alpha value is -1.33. The van der Waals surface area contributed by atoms with Crippen LogP contribution in [0, 0.1) is 24.2 Å². The maximum atomic E-state index is 8.71. The van der Waals surface area contributed by atoms with Crippen molar-refractivity contribution in [1.82, 2.24) is 4.90 Å². The number of nitrogens with zero attached hydrogens (tertiary/aromatic N) is 2. The van der Waals surface area contributed by atoms with Crippen LogP contribution in [0.1, 0.15) is 18.1 Å². The van der Waals surface area contributed by atoms with E-state index >= 15 is 0 Å². The average Bonchev–Trinajstić information content (AvgIpc) is 2.21. The SMILES string of the molecule is Cc1ccc(CN(C)C[C@H](C)C#N)cc1. The summed E-state index contributed by atoms with van der Waals surface area (Å²) in [6.07, 6.45) is 0. The predicted octanol–water partition coefficient (Wildman–Crippen LogP) is 2.59. The van der Waals surface area contributed by atoms with Crippen molar-refractivity contribution in [1.29, 1.82) is 5.26 Å². The predicted molar refractivity (Wildman–Crippen MR) is 62.3 cm³/mol. The molecule has 0 amide bonds. The number of benzene rings is 1. The van der Waals surface area contributed by atoms with Crippen molar-refractivity contribution in [3.8, 4) is 6.07 Å². The lowest BCUT2D eigenvalue weighted by Gasteiger charge is -2.17. The standard InChI is InChI=1S/C13H18N2/c1-11-4-6-13(7-5-11)10-15(3)9-12(2)8-14/h4-7,12H,9-10H2,1-3H3/t12-/m1/s1. The molecule has 0 unspecified atom stereocenters. The van der Waals surface area contributed by atoms with E-state index in [1.54, 1.807) is 0 Å². The Morgan fingerprint density at radius 1 is 1.33 bits per heavy atom. The van der Waals surface area contributed by atoms with Crippen LogP contribution in [0.2, 0.25) is 0 Å². The van der Waals surface area contributed by atoms with Crippen molar-refractivity contribution in [2.45, 2.75) is 20.4 Å². The van der Waals surface area contributed by atoms with Crippen LogP contribution in [0.25, 0.3) is 0 Å². The largest absolute Gasteiger partial charge is 0.301 e. The second kappa shape index (κ2) is 5.53. The molecule has 1 aromatic rings. The molecule has 15 heavy (non-hydrogen) atoms. The third-order valence-electron chi connectivity index (χ3n) is 2.38. The van der Waals surface area contributed by atoms with Crippen molar-refractivity contribution in [2.24, 2.45) is 5.92 Å². The quantitative estimate of drug-likeness (QED) is 0.750. The van der Waals surface area contributed by atoms with E-state index in [9.17, 15) is 0 Å². The zero-order chi connectivity index (χ0) is 11.3. The summed E-state index contributed by atoms with van der Waals surface area (Å²) in [5, 5.41) is 8.71. The van der Waals surface area contributed by atoms with Crippen LogP contribution in [0.15, 0.2) is 24.3 Å². The van der Waals surface area contributed by atoms with Gasteiger partial charge in [0.25, 0.3) is 0 Å². The first kappa shape index (κ1) is 11.7. The first-order valence-electron chi connectivity index (χ1n) is 5.25. The highest BCUT2D eigenvalue weighted by Gasteiger charge is 2.05. The van der Waals surface area contributed by atoms with E-state index in [1.165, 1.54) is 11.1 Å². The fourth-order valence-electron chi connectivity index (χ4n) is 1.58. The molecular weight excluding hydrogens is 184 g/mol. The highest BCUT2D eigenvalue weighted by Crippen LogP contribution is 2.07. The Balaban J connectivity index is 2.48. The average molecular weight is 202 g/mol. The fraction of sp³-hybridized carbons (Fsp3) is 0.462. The van der Waals surface area contributed by atoms with Crippen molar-refractivity contribution < 1.29 is 0 Å². The minimum Gasteiger partial charge on any atom is -0.301 e. The molecule has 1 aromatic carbocycles. The van der Waals surface area contributed by atoms with Gasteiger partial charge in [-0.05, 0) is 26.5 Å². The monoisotopic (exact) mass is 202 g/mol. The van der Waals surface area contributed by atoms with E-state index in [1.807, 2.05) is 14.0 Å². The van der Waals surface area contributed by atoms with Gasteiger partial charge in [0.1, 0.15) is 0 Å². The summed E-state index contributed by atoms with van der Waals surface area (Å²) in [6, 6.07) is 10.8. The molecule has 1 atom stereocenters. The van der Waals surface area contributed by atoms with Crippen molar-refractivity contribution in [3.63, 3.8) is 0 Å². The van der Waals surface area contributed by atoms with Gasteiger partial charge in [-0.15, -0.1) is 0 Å². The maximum absolute atomic E-state index is 8.71. The van der Waals surface area contributed by atoms with E-state index in [-0.39, 0.29) is 5.92 Å². The lowest BCUT2D eigenvalue weighted by Crippen LogP contribution is -2.23. The van der Waals surface area contributed by atoms with Gasteiger partial charge in [0.05, 0.1) is 12.0 Å². The van der Waals surface area contributed by atoms with Crippen LogP contribution in [-0.2, 0) is 6.54 Å². The Morgan fingerprint density at radius 3 is 2.47 bits per heavy atom. The Labute approximate surface area is 92.1 Å². The zero-order valence-electron chi connectivity index (χ0n) is 9.70. The Kier molecular flexibility index (Phi) is 4.33. The summed E-state index contributed by atoms with van der Waals surface area (Å²) < 4.78 is 0. The number of hydrogen-bond acceptors (Lipinski definition) is 2. The third-order valence-corrected chi connectivity index (χ3v) is 2.38. The van der Waals surface area contributed by atoms with Gasteiger partial charge in [-0.2, -0.15) is 5.26 Å². The summed E-state index contributed by atoms with van der Waals surface area (Å²) in [7, 11) is 2.05. The first-order valence-corrected chi connectivity index (χ1v) is 5.25. The second-order valence-electron chi connectivity index (χ2n) is 4.21. The summed E-state index contributed by atoms with van der Waals surface area (Å²) in [4.78, 5) is 2.18. The van der Waals surface area contributed by atoms with Gasteiger partial charge in [-0.3, -0.25) is 0 Å². The van der Waals surface area contributed by atoms with Gasteiger partial charge in [0.2, 0.25) is 0 Å². The van der Waals surface area contributed by atoms with Crippen LogP contribution in [0.4, 0.5) is 0 Å². The molecule has 0 aliphatic heterocycles. The van der Waals surface area contributed by atoms with Crippen molar-refractivity contribution in [3.05, 3.63) is 35.4 Å². The second-order valence-corrected chi connectivity index (χ2v) is 4.21. The summed E-state index contributed by atoms with van der Waals surface area (Å²) in [5.41, 5.74) is 2.58. The van der Waals surface area contributed by atoms with Crippen molar-refractivity contribution >= 4 is 0 Å². The van der Waals surface area contributed by atoms with E-state index < -0.39 is 0 Å². The lowest BCUT2D eigenvalue weighted by molar-refractivity contribution is 0.303. The molecule has 0 fully saturated rings. The van der Waals surface area contributed by atoms with E-state index in [4.69, 9.17) is 5.26 Å². The van der Waals surface area contributed by atoms with E-state index in [0.717, 1.165) is 13.1 Å². The minimum absolute atomic E-state index is 0.0976. The van der Waals surface area contributed by atoms with Gasteiger partial charge in [0.15, 0.2) is 0 Å². The van der Waals surface area contributed by atoms with Crippen molar-refractivity contribution in [2.75, 3.05) is 13.6 Å². The van der Waals surface area contributed by atoms with Gasteiger partial charge in [-0.25, -0.2) is 0 Å². The van der Waals surface area contributed by atoms with Crippen LogP contribution in [0.5, 0.6) is 0 Å². The highest BCUT2D eigenvalue weighted by molar-refractivity contribution is 5.21. The molecule has 0 heterocycles. The molecule has 0 spiro atoms. The molecule has 0 radical (unpaired) electrons. The fourth-order valence-corrected chi connectivity index (χ4v) is 1.58. The molecule has 2 nitrogen and oxygen atoms in total. The number of rotatable bonds is 4.